The van der Waals surface area contributed by atoms with Crippen LogP contribution in [0.1, 0.15) is 17.0 Å². The number of halogens is 1. The van der Waals surface area contributed by atoms with Crippen molar-refractivity contribution in [1.82, 2.24) is 14.8 Å². The third-order valence-electron chi connectivity index (χ3n) is 2.30. The number of nitriles is 1. The molecular formula is C11H9BrN4. The zero-order valence-corrected chi connectivity index (χ0v) is 10.5. The van der Waals surface area contributed by atoms with E-state index in [1.165, 1.54) is 0 Å². The Kier molecular flexibility index (Phi) is 2.75. The molecule has 80 valence electrons. The van der Waals surface area contributed by atoms with Crippen molar-refractivity contribution in [2.75, 3.05) is 0 Å². The first-order chi connectivity index (χ1) is 7.63. The first-order valence-corrected chi connectivity index (χ1v) is 5.51. The minimum absolute atomic E-state index is 0.546. The van der Waals surface area contributed by atoms with Crippen molar-refractivity contribution in [2.24, 2.45) is 0 Å². The van der Waals surface area contributed by atoms with Gasteiger partial charge in [0.05, 0.1) is 21.4 Å². The highest BCUT2D eigenvalue weighted by atomic mass is 79.9. The molecule has 0 N–H and O–H groups in total. The molecule has 0 spiro atoms. The van der Waals surface area contributed by atoms with Gasteiger partial charge in [0.25, 0.3) is 0 Å². The van der Waals surface area contributed by atoms with Gasteiger partial charge in [-0.1, -0.05) is 0 Å². The SMILES string of the molecule is Cc1nn(-c2ccc(C#N)cn2)c(C)c1Br. The first-order valence-electron chi connectivity index (χ1n) is 4.71. The highest BCUT2D eigenvalue weighted by molar-refractivity contribution is 9.10. The zero-order valence-electron chi connectivity index (χ0n) is 8.90. The van der Waals surface area contributed by atoms with E-state index in [4.69, 9.17) is 5.26 Å². The molecule has 0 unspecified atom stereocenters. The number of rotatable bonds is 1. The Balaban J connectivity index is 2.51. The van der Waals surface area contributed by atoms with Gasteiger partial charge in [0.15, 0.2) is 5.82 Å². The van der Waals surface area contributed by atoms with Gasteiger partial charge < -0.3 is 0 Å². The first kappa shape index (κ1) is 10.8. The van der Waals surface area contributed by atoms with Crippen LogP contribution in [0.15, 0.2) is 22.8 Å². The van der Waals surface area contributed by atoms with Gasteiger partial charge in [0.1, 0.15) is 6.07 Å². The minimum Gasteiger partial charge on any atom is -0.236 e. The molecule has 0 aromatic carbocycles. The highest BCUT2D eigenvalue weighted by Gasteiger charge is 2.10. The average Bonchev–Trinajstić information content (AvgIpc) is 2.57. The number of pyridine rings is 1. The van der Waals surface area contributed by atoms with Crippen LogP contribution >= 0.6 is 15.9 Å². The lowest BCUT2D eigenvalue weighted by molar-refractivity contribution is 0.805. The topological polar surface area (TPSA) is 54.5 Å². The monoisotopic (exact) mass is 276 g/mol. The van der Waals surface area contributed by atoms with Crippen molar-refractivity contribution in [3.05, 3.63) is 39.8 Å². The Hall–Kier alpha value is -1.67. The molecule has 0 aliphatic rings. The molecule has 0 bridgehead atoms. The molecule has 16 heavy (non-hydrogen) atoms. The standard InChI is InChI=1S/C11H9BrN4/c1-7-11(12)8(2)16(15-7)10-4-3-9(5-13)6-14-10/h3-4,6H,1-2H3. The van der Waals surface area contributed by atoms with Crippen molar-refractivity contribution in [1.29, 1.82) is 5.26 Å². The summed E-state index contributed by atoms with van der Waals surface area (Å²) in [4.78, 5) is 4.19. The molecule has 2 rings (SSSR count). The Bertz CT molecular complexity index is 563. The molecule has 0 saturated heterocycles. The molecule has 2 heterocycles. The highest BCUT2D eigenvalue weighted by Crippen LogP contribution is 2.21. The lowest BCUT2D eigenvalue weighted by Gasteiger charge is -2.02. The Morgan fingerprint density at radius 1 is 1.38 bits per heavy atom. The van der Waals surface area contributed by atoms with Crippen molar-refractivity contribution >= 4 is 15.9 Å². The maximum atomic E-state index is 8.68. The van der Waals surface area contributed by atoms with E-state index < -0.39 is 0 Å². The van der Waals surface area contributed by atoms with Gasteiger partial charge in [-0.2, -0.15) is 10.4 Å². The number of aromatic nitrogens is 3. The normalized spacial score (nSPS) is 10.1. The number of aryl methyl sites for hydroxylation is 1. The maximum absolute atomic E-state index is 8.68. The van der Waals surface area contributed by atoms with E-state index >= 15 is 0 Å². The summed E-state index contributed by atoms with van der Waals surface area (Å²) in [6, 6.07) is 5.55. The Labute approximate surface area is 102 Å². The van der Waals surface area contributed by atoms with Crippen LogP contribution in [0.5, 0.6) is 0 Å². The zero-order chi connectivity index (χ0) is 11.7. The summed E-state index contributed by atoms with van der Waals surface area (Å²) in [5.41, 5.74) is 2.46. The molecular weight excluding hydrogens is 268 g/mol. The number of hydrogen-bond donors (Lipinski definition) is 0. The van der Waals surface area contributed by atoms with Crippen molar-refractivity contribution in [2.45, 2.75) is 13.8 Å². The van der Waals surface area contributed by atoms with E-state index in [2.05, 4.69) is 26.0 Å². The van der Waals surface area contributed by atoms with Gasteiger partial charge in [-0.3, -0.25) is 0 Å². The van der Waals surface area contributed by atoms with E-state index in [0.29, 0.717) is 11.4 Å². The Morgan fingerprint density at radius 3 is 2.56 bits per heavy atom. The second-order valence-electron chi connectivity index (χ2n) is 3.41. The van der Waals surface area contributed by atoms with E-state index in [1.54, 1.807) is 23.0 Å². The van der Waals surface area contributed by atoms with Gasteiger partial charge in [0, 0.05) is 6.20 Å². The van der Waals surface area contributed by atoms with E-state index in [-0.39, 0.29) is 0 Å². The van der Waals surface area contributed by atoms with E-state index in [0.717, 1.165) is 15.9 Å². The predicted molar refractivity (Wildman–Crippen MR) is 63.2 cm³/mol. The van der Waals surface area contributed by atoms with Gasteiger partial charge >= 0.3 is 0 Å². The molecule has 0 saturated carbocycles. The van der Waals surface area contributed by atoms with Crippen LogP contribution in [-0.4, -0.2) is 14.8 Å². The van der Waals surface area contributed by atoms with E-state index in [1.807, 2.05) is 19.9 Å². The summed E-state index contributed by atoms with van der Waals surface area (Å²) in [7, 11) is 0. The van der Waals surface area contributed by atoms with E-state index in [9.17, 15) is 0 Å². The molecule has 0 amide bonds. The minimum atomic E-state index is 0.546. The molecule has 5 heteroatoms. The molecule has 0 aliphatic heterocycles. The third kappa shape index (κ3) is 1.72. The van der Waals surface area contributed by atoms with Crippen LogP contribution in [-0.2, 0) is 0 Å². The van der Waals surface area contributed by atoms with Gasteiger partial charge in [-0.25, -0.2) is 9.67 Å². The lowest BCUT2D eigenvalue weighted by atomic mass is 10.3. The fourth-order valence-electron chi connectivity index (χ4n) is 1.42. The quantitative estimate of drug-likeness (QED) is 0.804. The summed E-state index contributed by atoms with van der Waals surface area (Å²) in [6.45, 7) is 3.89. The van der Waals surface area contributed by atoms with Crippen LogP contribution in [0, 0.1) is 25.2 Å². The van der Waals surface area contributed by atoms with Crippen LogP contribution in [0.2, 0.25) is 0 Å². The van der Waals surface area contributed by atoms with Crippen molar-refractivity contribution in [3.63, 3.8) is 0 Å². The molecule has 0 atom stereocenters. The number of nitrogens with zero attached hydrogens (tertiary/aromatic N) is 4. The molecule has 2 aromatic rings. The largest absolute Gasteiger partial charge is 0.236 e. The third-order valence-corrected chi connectivity index (χ3v) is 3.44. The number of hydrogen-bond acceptors (Lipinski definition) is 3. The second-order valence-corrected chi connectivity index (χ2v) is 4.21. The van der Waals surface area contributed by atoms with Gasteiger partial charge in [-0.15, -0.1) is 0 Å². The summed E-state index contributed by atoms with van der Waals surface area (Å²) < 4.78 is 2.74. The molecule has 0 aliphatic carbocycles. The summed E-state index contributed by atoms with van der Waals surface area (Å²) in [5, 5.41) is 13.0. The van der Waals surface area contributed by atoms with Crippen LogP contribution in [0.25, 0.3) is 5.82 Å². The van der Waals surface area contributed by atoms with Crippen LogP contribution in [0.3, 0.4) is 0 Å². The molecule has 0 fully saturated rings. The summed E-state index contributed by atoms with van der Waals surface area (Å²) >= 11 is 3.46. The fourth-order valence-corrected chi connectivity index (χ4v) is 1.67. The van der Waals surface area contributed by atoms with Crippen LogP contribution in [0.4, 0.5) is 0 Å². The van der Waals surface area contributed by atoms with Gasteiger partial charge in [-0.05, 0) is 41.9 Å². The second kappa shape index (κ2) is 4.06. The smallest absolute Gasteiger partial charge is 0.153 e. The van der Waals surface area contributed by atoms with Crippen molar-refractivity contribution < 1.29 is 0 Å². The molecule has 2 aromatic heterocycles. The molecule has 0 radical (unpaired) electrons. The molecule has 4 nitrogen and oxygen atoms in total. The predicted octanol–water partition coefficient (Wildman–Crippen LogP) is 2.52. The van der Waals surface area contributed by atoms with Crippen molar-refractivity contribution in [3.8, 4) is 11.9 Å². The Morgan fingerprint density at radius 2 is 2.12 bits per heavy atom. The average molecular weight is 277 g/mol. The fraction of sp³-hybridized carbons (Fsp3) is 0.182. The summed E-state index contributed by atoms with van der Waals surface area (Å²) in [5.74, 6) is 0.713. The maximum Gasteiger partial charge on any atom is 0.153 e. The van der Waals surface area contributed by atoms with Gasteiger partial charge in [0.2, 0.25) is 0 Å². The summed E-state index contributed by atoms with van der Waals surface area (Å²) in [6.07, 6.45) is 1.54. The lowest BCUT2D eigenvalue weighted by Crippen LogP contribution is -2.01. The van der Waals surface area contributed by atoms with Crippen LogP contribution < -0.4 is 0 Å².